The first-order valence-electron chi connectivity index (χ1n) is 6.45. The highest BCUT2D eigenvalue weighted by Gasteiger charge is 2.18. The lowest BCUT2D eigenvalue weighted by Gasteiger charge is -2.03. The second-order valence-electron chi connectivity index (χ2n) is 4.91. The molecule has 0 atom stereocenters. The Morgan fingerprint density at radius 3 is 2.67 bits per heavy atom. The van der Waals surface area contributed by atoms with Crippen LogP contribution < -0.4 is 0 Å². The van der Waals surface area contributed by atoms with Gasteiger partial charge in [0.25, 0.3) is 9.05 Å². The number of hydrogen-bond acceptors (Lipinski definition) is 3. The molecule has 0 amide bonds. The van der Waals surface area contributed by atoms with E-state index in [1.54, 1.807) is 23.0 Å². The number of hydrogen-bond donors (Lipinski definition) is 0. The summed E-state index contributed by atoms with van der Waals surface area (Å²) < 4.78 is 27.0. The number of para-hydroxylation sites is 1. The Balaban J connectivity index is 1.99. The topological polar surface area (TPSA) is 56.9 Å². The highest BCUT2D eigenvalue weighted by Crippen LogP contribution is 2.28. The van der Waals surface area contributed by atoms with Crippen molar-refractivity contribution in [2.24, 2.45) is 7.05 Å². The zero-order chi connectivity index (χ0) is 15.0. The molecule has 2 aromatic heterocycles. The molecule has 0 aliphatic carbocycles. The van der Waals surface area contributed by atoms with Crippen LogP contribution in [0.5, 0.6) is 0 Å². The predicted molar refractivity (Wildman–Crippen MR) is 81.9 cm³/mol. The molecule has 0 spiro atoms. The van der Waals surface area contributed by atoms with Crippen LogP contribution >= 0.6 is 10.7 Å². The molecule has 0 saturated heterocycles. The van der Waals surface area contributed by atoms with Crippen LogP contribution in [0.4, 0.5) is 0 Å². The van der Waals surface area contributed by atoms with Gasteiger partial charge in [0.15, 0.2) is 0 Å². The van der Waals surface area contributed by atoms with Crippen molar-refractivity contribution in [1.82, 2.24) is 14.3 Å². The van der Waals surface area contributed by atoms with Crippen LogP contribution in [0, 0.1) is 0 Å². The maximum Gasteiger partial charge on any atom is 0.263 e. The van der Waals surface area contributed by atoms with Gasteiger partial charge in [-0.2, -0.15) is 5.10 Å². The number of aromatic nitrogens is 3. The number of aryl methyl sites for hydroxylation is 3. The molecule has 3 aromatic rings. The van der Waals surface area contributed by atoms with Crippen molar-refractivity contribution in [1.29, 1.82) is 0 Å². The van der Waals surface area contributed by atoms with E-state index in [0.717, 1.165) is 17.5 Å². The zero-order valence-corrected chi connectivity index (χ0v) is 13.0. The summed E-state index contributed by atoms with van der Waals surface area (Å²) in [7, 11) is 3.63. The predicted octanol–water partition coefficient (Wildman–Crippen LogP) is 2.55. The van der Waals surface area contributed by atoms with Crippen LogP contribution in [0.3, 0.4) is 0 Å². The monoisotopic (exact) mass is 323 g/mol. The molecule has 5 nitrogen and oxygen atoms in total. The van der Waals surface area contributed by atoms with Gasteiger partial charge in [-0.05, 0) is 18.1 Å². The minimum atomic E-state index is -3.75. The van der Waals surface area contributed by atoms with E-state index in [9.17, 15) is 8.42 Å². The molecule has 0 N–H and O–H groups in total. The normalized spacial score (nSPS) is 12.1. The zero-order valence-electron chi connectivity index (χ0n) is 11.4. The minimum absolute atomic E-state index is 0.158. The molecule has 21 heavy (non-hydrogen) atoms. The Morgan fingerprint density at radius 2 is 2.00 bits per heavy atom. The average molecular weight is 324 g/mol. The van der Waals surface area contributed by atoms with E-state index in [-0.39, 0.29) is 4.90 Å². The minimum Gasteiger partial charge on any atom is -0.346 e. The van der Waals surface area contributed by atoms with Crippen LogP contribution in [0.1, 0.15) is 5.56 Å². The van der Waals surface area contributed by atoms with Gasteiger partial charge >= 0.3 is 0 Å². The lowest BCUT2D eigenvalue weighted by Crippen LogP contribution is -1.99. The van der Waals surface area contributed by atoms with Gasteiger partial charge in [0.05, 0.1) is 6.20 Å². The Kier molecular flexibility index (Phi) is 3.51. The van der Waals surface area contributed by atoms with E-state index in [0.29, 0.717) is 11.9 Å². The standard InChI is InChI=1S/C14H14ClN3O2S/c1-17-9-11(8-16-17)6-7-18-10-14(21(15,19)20)12-4-2-3-5-13(12)18/h2-5,8-10H,6-7H2,1H3. The molecule has 0 saturated carbocycles. The number of fused-ring (bicyclic) bond motifs is 1. The molecule has 1 aromatic carbocycles. The molecule has 0 fully saturated rings. The summed E-state index contributed by atoms with van der Waals surface area (Å²) >= 11 is 0. The van der Waals surface area contributed by atoms with Gasteiger partial charge in [0.1, 0.15) is 4.90 Å². The number of rotatable bonds is 4. The molecule has 7 heteroatoms. The Labute approximate surface area is 127 Å². The van der Waals surface area contributed by atoms with E-state index < -0.39 is 9.05 Å². The van der Waals surface area contributed by atoms with Gasteiger partial charge in [-0.25, -0.2) is 8.42 Å². The summed E-state index contributed by atoms with van der Waals surface area (Å²) in [5, 5.41) is 4.78. The lowest BCUT2D eigenvalue weighted by atomic mass is 10.2. The van der Waals surface area contributed by atoms with Crippen molar-refractivity contribution in [3.8, 4) is 0 Å². The summed E-state index contributed by atoms with van der Waals surface area (Å²) in [4.78, 5) is 0.158. The average Bonchev–Trinajstić information content (AvgIpc) is 3.00. The van der Waals surface area contributed by atoms with Gasteiger partial charge in [-0.1, -0.05) is 18.2 Å². The Hall–Kier alpha value is -1.79. The Bertz CT molecular complexity index is 896. The maximum absolute atomic E-state index is 11.7. The first-order chi connectivity index (χ1) is 9.95. The van der Waals surface area contributed by atoms with Crippen LogP contribution in [0.25, 0.3) is 10.9 Å². The van der Waals surface area contributed by atoms with Gasteiger partial charge < -0.3 is 4.57 Å². The summed E-state index contributed by atoms with van der Waals surface area (Å²) in [6, 6.07) is 7.35. The fourth-order valence-electron chi connectivity index (χ4n) is 2.44. The van der Waals surface area contributed by atoms with Gasteiger partial charge in [0, 0.05) is 47.6 Å². The van der Waals surface area contributed by atoms with Gasteiger partial charge in [0.2, 0.25) is 0 Å². The molecule has 110 valence electrons. The van der Waals surface area contributed by atoms with Crippen LogP contribution in [-0.4, -0.2) is 22.8 Å². The van der Waals surface area contributed by atoms with Crippen LogP contribution in [-0.2, 0) is 29.1 Å². The second-order valence-corrected chi connectivity index (χ2v) is 7.45. The van der Waals surface area contributed by atoms with Crippen molar-refractivity contribution in [3.05, 3.63) is 48.4 Å². The summed E-state index contributed by atoms with van der Waals surface area (Å²) in [5.74, 6) is 0. The quantitative estimate of drug-likeness (QED) is 0.693. The number of halogens is 1. The molecule has 0 radical (unpaired) electrons. The van der Waals surface area contributed by atoms with Crippen molar-refractivity contribution in [2.75, 3.05) is 0 Å². The van der Waals surface area contributed by atoms with Crippen molar-refractivity contribution < 1.29 is 8.42 Å². The third-order valence-electron chi connectivity index (χ3n) is 3.41. The van der Waals surface area contributed by atoms with E-state index in [2.05, 4.69) is 5.10 Å². The largest absolute Gasteiger partial charge is 0.346 e. The smallest absolute Gasteiger partial charge is 0.263 e. The number of nitrogens with zero attached hydrogens (tertiary/aromatic N) is 3. The van der Waals surface area contributed by atoms with E-state index in [1.807, 2.05) is 36.1 Å². The van der Waals surface area contributed by atoms with Crippen LogP contribution in [0.15, 0.2) is 47.8 Å². The third kappa shape index (κ3) is 2.82. The number of benzene rings is 1. The molecular formula is C14H14ClN3O2S. The molecule has 0 unspecified atom stereocenters. The van der Waals surface area contributed by atoms with Gasteiger partial charge in [-0.15, -0.1) is 0 Å². The SMILES string of the molecule is Cn1cc(CCn2cc(S(=O)(=O)Cl)c3ccccc32)cn1. The molecule has 0 bridgehead atoms. The maximum atomic E-state index is 11.7. The fourth-order valence-corrected chi connectivity index (χ4v) is 3.50. The van der Waals surface area contributed by atoms with Crippen LogP contribution in [0.2, 0.25) is 0 Å². The summed E-state index contributed by atoms with van der Waals surface area (Å²) in [6.45, 7) is 0.665. The summed E-state index contributed by atoms with van der Waals surface area (Å²) in [5.41, 5.74) is 1.96. The first-order valence-corrected chi connectivity index (χ1v) is 8.76. The highest BCUT2D eigenvalue weighted by molar-refractivity contribution is 8.14. The van der Waals surface area contributed by atoms with E-state index >= 15 is 0 Å². The van der Waals surface area contributed by atoms with Crippen molar-refractivity contribution in [2.45, 2.75) is 17.9 Å². The van der Waals surface area contributed by atoms with Gasteiger partial charge in [-0.3, -0.25) is 4.68 Å². The lowest BCUT2D eigenvalue weighted by molar-refractivity contribution is 0.609. The van der Waals surface area contributed by atoms with E-state index in [1.165, 1.54) is 0 Å². The van der Waals surface area contributed by atoms with E-state index in [4.69, 9.17) is 10.7 Å². The fraction of sp³-hybridized carbons (Fsp3) is 0.214. The Morgan fingerprint density at radius 1 is 1.24 bits per heavy atom. The summed E-state index contributed by atoms with van der Waals surface area (Å²) in [6.07, 6.45) is 6.13. The molecule has 3 rings (SSSR count). The van der Waals surface area contributed by atoms with Crippen molar-refractivity contribution >= 4 is 30.6 Å². The third-order valence-corrected chi connectivity index (χ3v) is 4.76. The molecule has 0 aliphatic rings. The molecule has 0 aliphatic heterocycles. The molecular weight excluding hydrogens is 310 g/mol. The molecule has 2 heterocycles. The van der Waals surface area contributed by atoms with Crippen molar-refractivity contribution in [3.63, 3.8) is 0 Å². The first kappa shape index (κ1) is 14.2. The highest BCUT2D eigenvalue weighted by atomic mass is 35.7. The second kappa shape index (κ2) is 5.20.